The van der Waals surface area contributed by atoms with E-state index in [1.165, 1.54) is 10.3 Å². The van der Waals surface area contributed by atoms with Gasteiger partial charge in [0.25, 0.3) is 0 Å². The maximum atomic E-state index is 14.2. The average Bonchev–Trinajstić information content (AvgIpc) is 3.01. The minimum atomic E-state index is -3.06. The molecule has 2 aromatic rings. The number of ether oxygens (including phenoxy) is 2. The lowest BCUT2D eigenvalue weighted by Crippen LogP contribution is -2.50. The monoisotopic (exact) mass is 488 g/mol. The molecule has 3 heterocycles. The predicted octanol–water partition coefficient (Wildman–Crippen LogP) is 4.90. The second kappa shape index (κ2) is 8.46. The molecule has 4 rings (SSSR count). The lowest BCUT2D eigenvalue weighted by Gasteiger charge is -2.34. The zero-order valence-corrected chi connectivity index (χ0v) is 20.7. The van der Waals surface area contributed by atoms with Gasteiger partial charge in [0.05, 0.1) is 17.5 Å². The normalized spacial score (nSPS) is 23.2. The van der Waals surface area contributed by atoms with Crippen LogP contribution in [-0.2, 0) is 19.3 Å². The third kappa shape index (κ3) is 4.86. The largest absolute Gasteiger partial charge is 0.444 e. The maximum Gasteiger partial charge on any atom is 0.413 e. The van der Waals surface area contributed by atoms with Gasteiger partial charge in [-0.3, -0.25) is 9.88 Å². The fraction of sp³-hybridized carbons (Fsp3) is 0.440. The van der Waals surface area contributed by atoms with Crippen molar-refractivity contribution < 1.29 is 27.1 Å². The molecule has 1 fully saturated rings. The molecule has 1 amide bonds. The minimum absolute atomic E-state index is 0.0157. The molecule has 1 unspecified atom stereocenters. The summed E-state index contributed by atoms with van der Waals surface area (Å²) in [5.41, 5.74) is 2.12. The first kappa shape index (κ1) is 24.3. The average molecular weight is 489 g/mol. The number of pyridine rings is 1. The molecule has 2 atom stereocenters. The summed E-state index contributed by atoms with van der Waals surface area (Å²) in [4.78, 5) is 18.5. The van der Waals surface area contributed by atoms with Crippen LogP contribution in [0.3, 0.4) is 0 Å². The van der Waals surface area contributed by atoms with E-state index in [2.05, 4.69) is 4.98 Å². The van der Waals surface area contributed by atoms with E-state index >= 15 is 0 Å². The Hall–Kier alpha value is -2.78. The first-order chi connectivity index (χ1) is 15.8. The number of carbonyl (C=O) groups excluding carboxylic acids is 1. The van der Waals surface area contributed by atoms with Crippen LogP contribution in [0.5, 0.6) is 0 Å². The topological polar surface area (TPSA) is 85.8 Å². The first-order valence-electron chi connectivity index (χ1n) is 11.1. The van der Waals surface area contributed by atoms with Crippen molar-refractivity contribution in [1.29, 1.82) is 0 Å². The maximum absolute atomic E-state index is 14.2. The molecule has 9 heteroatoms. The Balaban J connectivity index is 1.53. The van der Waals surface area contributed by atoms with Crippen molar-refractivity contribution in [2.24, 2.45) is 0 Å². The van der Waals surface area contributed by atoms with Gasteiger partial charge in [0, 0.05) is 22.7 Å². The Morgan fingerprint density at radius 1 is 1.18 bits per heavy atom. The van der Waals surface area contributed by atoms with Crippen molar-refractivity contribution in [2.45, 2.75) is 58.1 Å². The van der Waals surface area contributed by atoms with Crippen molar-refractivity contribution in [3.05, 3.63) is 59.3 Å². The van der Waals surface area contributed by atoms with E-state index in [1.54, 1.807) is 46.9 Å². The van der Waals surface area contributed by atoms with Crippen molar-refractivity contribution in [1.82, 2.24) is 9.88 Å². The number of alkyl halides is 1. The molecule has 0 radical (unpaired) electrons. The van der Waals surface area contributed by atoms with Crippen LogP contribution >= 0.6 is 0 Å². The Bertz CT molecular complexity index is 1220. The molecule has 34 heavy (non-hydrogen) atoms. The van der Waals surface area contributed by atoms with Gasteiger partial charge in [-0.05, 0) is 51.8 Å². The molecule has 7 nitrogen and oxygen atoms in total. The van der Waals surface area contributed by atoms with Gasteiger partial charge in [-0.15, -0.1) is 0 Å². The van der Waals surface area contributed by atoms with E-state index in [9.17, 15) is 17.6 Å². The van der Waals surface area contributed by atoms with E-state index in [0.717, 1.165) is 16.7 Å². The molecule has 0 spiro atoms. The summed E-state index contributed by atoms with van der Waals surface area (Å²) in [6.45, 7) is 7.98. The van der Waals surface area contributed by atoms with Crippen LogP contribution in [0.4, 0.5) is 9.18 Å². The van der Waals surface area contributed by atoms with Gasteiger partial charge in [0.2, 0.25) is 0 Å². The van der Waals surface area contributed by atoms with Gasteiger partial charge in [-0.25, -0.2) is 17.6 Å². The van der Waals surface area contributed by atoms with Crippen LogP contribution < -0.4 is 0 Å². The van der Waals surface area contributed by atoms with E-state index in [1.807, 2.05) is 30.3 Å². The molecular weight excluding hydrogens is 459 g/mol. The zero-order chi connectivity index (χ0) is 24.9. The number of benzene rings is 1. The fourth-order valence-corrected chi connectivity index (χ4v) is 5.34. The predicted molar refractivity (Wildman–Crippen MR) is 127 cm³/mol. The highest BCUT2D eigenvalue weighted by Gasteiger charge is 2.51. The van der Waals surface area contributed by atoms with E-state index in [4.69, 9.17) is 9.47 Å². The van der Waals surface area contributed by atoms with Gasteiger partial charge in [0.15, 0.2) is 9.84 Å². The van der Waals surface area contributed by atoms with Gasteiger partial charge < -0.3 is 9.47 Å². The molecular formula is C25H29FN2O5S. The Morgan fingerprint density at radius 3 is 2.29 bits per heavy atom. The summed E-state index contributed by atoms with van der Waals surface area (Å²) in [7, 11) is -3.06. The molecule has 182 valence electrons. The highest BCUT2D eigenvalue weighted by molar-refractivity contribution is 7.96. The summed E-state index contributed by atoms with van der Waals surface area (Å²) in [6.07, 6.45) is 0.439. The number of carbonyl (C=O) groups is 1. The van der Waals surface area contributed by atoms with Crippen LogP contribution in [0.25, 0.3) is 16.7 Å². The quantitative estimate of drug-likeness (QED) is 0.609. The summed E-state index contributed by atoms with van der Waals surface area (Å²) in [5.74, 6) is 0.0157. The van der Waals surface area contributed by atoms with E-state index in [0.29, 0.717) is 11.3 Å². The third-order valence-electron chi connectivity index (χ3n) is 5.77. The highest BCUT2D eigenvalue weighted by Crippen LogP contribution is 2.42. The van der Waals surface area contributed by atoms with Gasteiger partial charge in [-0.2, -0.15) is 0 Å². The van der Waals surface area contributed by atoms with Crippen molar-refractivity contribution in [3.8, 4) is 11.1 Å². The standard InChI is InChI=1S/C25H29FN2O5S/c1-24(2,3)33-23(29)28-21(12-26)22(32-25(28,4)5)17-8-6-16(7-9-17)18-10-11-20(27-13-18)19-14-34(30,31)15-19/h6-11,13-14,21-22H,12,15H2,1-5H3/t21?,22-/m1/s1. The number of aromatic nitrogens is 1. The number of rotatable bonds is 4. The number of hydrogen-bond donors (Lipinski definition) is 0. The lowest BCUT2D eigenvalue weighted by atomic mass is 9.99. The van der Waals surface area contributed by atoms with Crippen molar-refractivity contribution in [2.75, 3.05) is 12.4 Å². The molecule has 1 saturated heterocycles. The van der Waals surface area contributed by atoms with E-state index < -0.39 is 46.1 Å². The number of amides is 1. The number of halogens is 1. The molecule has 0 bridgehead atoms. The van der Waals surface area contributed by atoms with Crippen LogP contribution in [0.1, 0.15) is 52.0 Å². The van der Waals surface area contributed by atoms with Crippen LogP contribution in [0.2, 0.25) is 0 Å². The van der Waals surface area contributed by atoms with Crippen LogP contribution in [-0.4, -0.2) is 54.2 Å². The molecule has 2 aliphatic rings. The molecule has 0 aliphatic carbocycles. The first-order valence-corrected chi connectivity index (χ1v) is 12.8. The lowest BCUT2D eigenvalue weighted by molar-refractivity contribution is -0.0797. The highest BCUT2D eigenvalue weighted by atomic mass is 32.2. The zero-order valence-electron chi connectivity index (χ0n) is 19.9. The minimum Gasteiger partial charge on any atom is -0.444 e. The molecule has 1 aromatic heterocycles. The second-order valence-electron chi connectivity index (χ2n) is 10.1. The molecule has 1 aromatic carbocycles. The van der Waals surface area contributed by atoms with Crippen molar-refractivity contribution >= 4 is 21.5 Å². The third-order valence-corrected chi connectivity index (χ3v) is 7.13. The Morgan fingerprint density at radius 2 is 1.79 bits per heavy atom. The molecule has 0 saturated carbocycles. The van der Waals surface area contributed by atoms with Crippen LogP contribution in [0.15, 0.2) is 48.0 Å². The number of hydrogen-bond acceptors (Lipinski definition) is 6. The summed E-state index contributed by atoms with van der Waals surface area (Å²) in [6, 6.07) is 10.3. The van der Waals surface area contributed by atoms with Gasteiger partial charge >= 0.3 is 6.09 Å². The van der Waals surface area contributed by atoms with Crippen molar-refractivity contribution in [3.63, 3.8) is 0 Å². The summed E-state index contributed by atoms with van der Waals surface area (Å²) >= 11 is 0. The van der Waals surface area contributed by atoms with E-state index in [-0.39, 0.29) is 5.75 Å². The summed E-state index contributed by atoms with van der Waals surface area (Å²) < 4.78 is 48.5. The SMILES string of the molecule is CC(C)(C)OC(=O)N1C(CF)[C@@H](c2ccc(-c3ccc(C4=CS(=O)(=O)C4)nc3)cc2)OC1(C)C. The van der Waals surface area contributed by atoms with Gasteiger partial charge in [0.1, 0.15) is 24.1 Å². The van der Waals surface area contributed by atoms with Gasteiger partial charge in [-0.1, -0.05) is 30.3 Å². The number of sulfone groups is 1. The second-order valence-corrected chi connectivity index (χ2v) is 11.9. The smallest absolute Gasteiger partial charge is 0.413 e. The number of nitrogens with zero attached hydrogens (tertiary/aromatic N) is 2. The molecule has 0 N–H and O–H groups in total. The molecule has 2 aliphatic heterocycles. The Kier molecular flexibility index (Phi) is 6.06. The fourth-order valence-electron chi connectivity index (χ4n) is 4.25. The van der Waals surface area contributed by atoms with Crippen LogP contribution in [0, 0.1) is 0 Å². The summed E-state index contributed by atoms with van der Waals surface area (Å²) in [5, 5.41) is 1.24. The Labute approximate surface area is 199 Å².